The Bertz CT molecular complexity index is 724. The van der Waals surface area contributed by atoms with Gasteiger partial charge >= 0.3 is 0 Å². The summed E-state index contributed by atoms with van der Waals surface area (Å²) < 4.78 is 23.3. The minimum Gasteiger partial charge on any atom is -0.381 e. The molecule has 0 amide bonds. The summed E-state index contributed by atoms with van der Waals surface area (Å²) in [5, 5.41) is 22.6. The van der Waals surface area contributed by atoms with E-state index in [1.807, 2.05) is 6.07 Å². The monoisotopic (exact) mass is 323 g/mol. The van der Waals surface area contributed by atoms with Gasteiger partial charge in [0.25, 0.3) is 5.69 Å². The number of nitro benzene ring substituents is 1. The van der Waals surface area contributed by atoms with E-state index in [2.05, 4.69) is 5.32 Å². The molecule has 118 valence electrons. The zero-order chi connectivity index (χ0) is 16.3. The molecule has 1 aromatic rings. The van der Waals surface area contributed by atoms with Gasteiger partial charge < -0.3 is 5.32 Å². The van der Waals surface area contributed by atoms with E-state index in [9.17, 15) is 18.5 Å². The molecule has 0 bridgehead atoms. The van der Waals surface area contributed by atoms with Crippen LogP contribution in [0, 0.1) is 21.4 Å². The molecule has 7 nitrogen and oxygen atoms in total. The van der Waals surface area contributed by atoms with Gasteiger partial charge in [-0.1, -0.05) is 6.42 Å². The second-order valence-corrected chi connectivity index (χ2v) is 7.88. The molecule has 0 spiro atoms. The normalized spacial score (nSPS) is 21.8. The van der Waals surface area contributed by atoms with E-state index in [1.165, 1.54) is 24.5 Å². The molecule has 0 aliphatic heterocycles. The molecule has 22 heavy (non-hydrogen) atoms. The molecular weight excluding hydrogens is 306 g/mol. The van der Waals surface area contributed by atoms with Crippen molar-refractivity contribution in [1.82, 2.24) is 0 Å². The van der Waals surface area contributed by atoms with E-state index >= 15 is 0 Å². The van der Waals surface area contributed by atoms with Crippen molar-refractivity contribution in [3.63, 3.8) is 0 Å². The van der Waals surface area contributed by atoms with Gasteiger partial charge in [0, 0.05) is 24.4 Å². The Labute approximate surface area is 129 Å². The molecule has 0 aromatic heterocycles. The van der Waals surface area contributed by atoms with Crippen molar-refractivity contribution in [2.75, 3.05) is 11.6 Å². The minimum absolute atomic E-state index is 0.0537. The second kappa shape index (κ2) is 6.32. The summed E-state index contributed by atoms with van der Waals surface area (Å²) in [7, 11) is -3.08. The summed E-state index contributed by atoms with van der Waals surface area (Å²) in [4.78, 5) is 10.2. The number of hydrogen-bond acceptors (Lipinski definition) is 6. The Morgan fingerprint density at radius 2 is 2.14 bits per heavy atom. The molecule has 2 rings (SSSR count). The molecule has 1 fully saturated rings. The number of nitro groups is 1. The number of nitrogens with one attached hydrogen (secondary N) is 1. The number of benzene rings is 1. The number of hydrogen-bond donors (Lipinski definition) is 1. The molecule has 1 saturated carbocycles. The third-order valence-electron chi connectivity index (χ3n) is 3.93. The topological polar surface area (TPSA) is 113 Å². The van der Waals surface area contributed by atoms with Crippen molar-refractivity contribution in [3.8, 4) is 6.07 Å². The predicted octanol–water partition coefficient (Wildman–Crippen LogP) is 2.23. The van der Waals surface area contributed by atoms with Crippen LogP contribution in [0.3, 0.4) is 0 Å². The number of rotatable bonds is 4. The van der Waals surface area contributed by atoms with Gasteiger partial charge in [0.2, 0.25) is 0 Å². The van der Waals surface area contributed by atoms with E-state index < -0.39 is 14.8 Å². The molecule has 1 aromatic carbocycles. The lowest BCUT2D eigenvalue weighted by Crippen LogP contribution is -2.34. The molecular formula is C14H17N3O4S. The fourth-order valence-electron chi connectivity index (χ4n) is 2.75. The van der Waals surface area contributed by atoms with Gasteiger partial charge in [-0.2, -0.15) is 5.26 Å². The molecule has 0 radical (unpaired) electrons. The quantitative estimate of drug-likeness (QED) is 0.671. The Morgan fingerprint density at radius 1 is 1.41 bits per heavy atom. The first-order valence-corrected chi connectivity index (χ1v) is 8.90. The van der Waals surface area contributed by atoms with Gasteiger partial charge in [-0.05, 0) is 25.3 Å². The van der Waals surface area contributed by atoms with Gasteiger partial charge in [0.05, 0.1) is 21.4 Å². The third kappa shape index (κ3) is 3.74. The first-order valence-electron chi connectivity index (χ1n) is 6.95. The van der Waals surface area contributed by atoms with Gasteiger partial charge in [0.1, 0.15) is 15.9 Å². The Kier molecular flexibility index (Phi) is 4.66. The van der Waals surface area contributed by atoms with Crippen molar-refractivity contribution in [2.45, 2.75) is 37.0 Å². The summed E-state index contributed by atoms with van der Waals surface area (Å²) in [6.07, 6.45) is 3.99. The van der Waals surface area contributed by atoms with E-state index in [1.54, 1.807) is 0 Å². The average Bonchev–Trinajstić information content (AvgIpc) is 2.47. The first kappa shape index (κ1) is 16.2. The lowest BCUT2D eigenvalue weighted by atomic mass is 9.94. The van der Waals surface area contributed by atoms with E-state index in [4.69, 9.17) is 5.26 Å². The molecule has 0 saturated heterocycles. The smallest absolute Gasteiger partial charge is 0.270 e. The Balaban J connectivity index is 2.17. The largest absolute Gasteiger partial charge is 0.381 e. The predicted molar refractivity (Wildman–Crippen MR) is 82.3 cm³/mol. The number of nitriles is 1. The fraction of sp³-hybridized carbons (Fsp3) is 0.500. The number of nitrogens with zero attached hydrogens (tertiary/aromatic N) is 2. The SMILES string of the molecule is CS(=O)(=O)[C@@H]1CCC[C@H](Nc2ccc([N+](=O)[O-])cc2C#N)C1. The first-order chi connectivity index (χ1) is 10.3. The van der Waals surface area contributed by atoms with Gasteiger partial charge in [-0.3, -0.25) is 10.1 Å². The average molecular weight is 323 g/mol. The molecule has 0 heterocycles. The van der Waals surface area contributed by atoms with Crippen molar-refractivity contribution in [2.24, 2.45) is 0 Å². The van der Waals surface area contributed by atoms with Crippen molar-refractivity contribution >= 4 is 21.2 Å². The van der Waals surface area contributed by atoms with E-state index in [-0.39, 0.29) is 22.5 Å². The van der Waals surface area contributed by atoms with E-state index in [0.717, 1.165) is 12.8 Å². The summed E-state index contributed by atoms with van der Waals surface area (Å²) in [6.45, 7) is 0. The standard InChI is InChI=1S/C14H17N3O4S/c1-22(20,21)13-4-2-3-11(8-13)16-14-6-5-12(17(18)19)7-10(14)9-15/h5-7,11,13,16H,2-4,8H2,1H3/t11-,13+/m0/s1. The van der Waals surface area contributed by atoms with E-state index in [0.29, 0.717) is 18.5 Å². The van der Waals surface area contributed by atoms with Gasteiger partial charge in [-0.15, -0.1) is 0 Å². The highest BCUT2D eigenvalue weighted by atomic mass is 32.2. The van der Waals surface area contributed by atoms with Crippen molar-refractivity contribution in [1.29, 1.82) is 5.26 Å². The van der Waals surface area contributed by atoms with Crippen LogP contribution in [0.4, 0.5) is 11.4 Å². The maximum Gasteiger partial charge on any atom is 0.270 e. The molecule has 0 unspecified atom stereocenters. The lowest BCUT2D eigenvalue weighted by molar-refractivity contribution is -0.384. The Hall–Kier alpha value is -2.14. The van der Waals surface area contributed by atoms with Crippen LogP contribution >= 0.6 is 0 Å². The fourth-order valence-corrected chi connectivity index (χ4v) is 3.93. The zero-order valence-corrected chi connectivity index (χ0v) is 13.0. The Morgan fingerprint density at radius 3 is 2.73 bits per heavy atom. The second-order valence-electron chi connectivity index (χ2n) is 5.56. The highest BCUT2D eigenvalue weighted by Crippen LogP contribution is 2.28. The van der Waals surface area contributed by atoms with Crippen LogP contribution in [0.15, 0.2) is 18.2 Å². The van der Waals surface area contributed by atoms with Crippen molar-refractivity contribution in [3.05, 3.63) is 33.9 Å². The molecule has 1 aliphatic rings. The highest BCUT2D eigenvalue weighted by Gasteiger charge is 2.29. The van der Waals surface area contributed by atoms with Crippen LogP contribution in [0.1, 0.15) is 31.2 Å². The van der Waals surface area contributed by atoms with Crippen LogP contribution in [0.5, 0.6) is 0 Å². The zero-order valence-electron chi connectivity index (χ0n) is 12.2. The summed E-state index contributed by atoms with van der Waals surface area (Å²) in [5.74, 6) is 0. The molecule has 2 atom stereocenters. The number of sulfone groups is 1. The number of anilines is 1. The van der Waals surface area contributed by atoms with Crippen LogP contribution in [0.2, 0.25) is 0 Å². The maximum absolute atomic E-state index is 11.7. The maximum atomic E-state index is 11.7. The van der Waals surface area contributed by atoms with Crippen LogP contribution in [0.25, 0.3) is 0 Å². The number of non-ortho nitro benzene ring substituents is 1. The highest BCUT2D eigenvalue weighted by molar-refractivity contribution is 7.91. The summed E-state index contributed by atoms with van der Waals surface area (Å²) in [6, 6.07) is 5.94. The third-order valence-corrected chi connectivity index (χ3v) is 5.56. The molecule has 1 aliphatic carbocycles. The van der Waals surface area contributed by atoms with Crippen LogP contribution in [-0.2, 0) is 9.84 Å². The lowest BCUT2D eigenvalue weighted by Gasteiger charge is -2.29. The molecule has 8 heteroatoms. The van der Waals surface area contributed by atoms with Gasteiger partial charge in [0.15, 0.2) is 0 Å². The van der Waals surface area contributed by atoms with Crippen LogP contribution < -0.4 is 5.32 Å². The minimum atomic E-state index is -3.08. The van der Waals surface area contributed by atoms with Crippen molar-refractivity contribution < 1.29 is 13.3 Å². The summed E-state index contributed by atoms with van der Waals surface area (Å²) in [5.41, 5.74) is 0.558. The van der Waals surface area contributed by atoms with Crippen LogP contribution in [-0.4, -0.2) is 30.9 Å². The summed E-state index contributed by atoms with van der Waals surface area (Å²) >= 11 is 0. The van der Waals surface area contributed by atoms with Gasteiger partial charge in [-0.25, -0.2) is 8.42 Å². The molecule has 1 N–H and O–H groups in total.